The quantitative estimate of drug-likeness (QED) is 0.670. The summed E-state index contributed by atoms with van der Waals surface area (Å²) in [6.45, 7) is 6.59. The molecule has 2 rings (SSSR count). The maximum absolute atomic E-state index is 12.5. The highest BCUT2D eigenvalue weighted by molar-refractivity contribution is 6.35. The summed E-state index contributed by atoms with van der Waals surface area (Å²) in [5, 5.41) is 3.29. The molecular weight excluding hydrogens is 407 g/mol. The van der Waals surface area contributed by atoms with Crippen LogP contribution in [0.15, 0.2) is 18.2 Å². The number of hydrogen-bond acceptors (Lipinski definition) is 5. The molecule has 7 nitrogen and oxygen atoms in total. The van der Waals surface area contributed by atoms with Crippen LogP contribution < -0.4 is 5.32 Å². The number of esters is 2. The van der Waals surface area contributed by atoms with Gasteiger partial charge in [-0.3, -0.25) is 4.79 Å². The van der Waals surface area contributed by atoms with Crippen molar-refractivity contribution >= 4 is 46.7 Å². The molecular formula is C19H20Cl2N2O5. The molecule has 1 unspecified atom stereocenters. The average molecular weight is 427 g/mol. The normalized spacial score (nSPS) is 11.6. The van der Waals surface area contributed by atoms with E-state index in [4.69, 9.17) is 32.7 Å². The third-order valence-corrected chi connectivity index (χ3v) is 4.34. The van der Waals surface area contributed by atoms with E-state index in [0.717, 1.165) is 0 Å². The van der Waals surface area contributed by atoms with Gasteiger partial charge in [0.25, 0.3) is 5.91 Å². The van der Waals surface area contributed by atoms with Crippen LogP contribution >= 0.6 is 23.2 Å². The summed E-state index contributed by atoms with van der Waals surface area (Å²) in [5.74, 6) is -1.85. The molecule has 0 bridgehead atoms. The third-order valence-electron chi connectivity index (χ3n) is 3.90. The number of benzene rings is 1. The number of aromatic nitrogens is 1. The molecule has 0 fully saturated rings. The smallest absolute Gasteiger partial charge is 0.355 e. The molecule has 0 aliphatic rings. The topological polar surface area (TPSA) is 97.5 Å². The Kier molecular flexibility index (Phi) is 7.10. The number of rotatable bonds is 6. The zero-order chi connectivity index (χ0) is 21.0. The number of carbonyl (C=O) groups is 3. The van der Waals surface area contributed by atoms with Crippen LogP contribution in [0.5, 0.6) is 0 Å². The van der Waals surface area contributed by atoms with Crippen molar-refractivity contribution in [3.63, 3.8) is 0 Å². The highest BCUT2D eigenvalue weighted by Crippen LogP contribution is 2.23. The van der Waals surface area contributed by atoms with Gasteiger partial charge in [0.05, 0.1) is 12.2 Å². The molecule has 1 atom stereocenters. The lowest BCUT2D eigenvalue weighted by molar-refractivity contribution is -0.123. The van der Waals surface area contributed by atoms with Gasteiger partial charge in [0.1, 0.15) is 5.69 Å². The summed E-state index contributed by atoms with van der Waals surface area (Å²) >= 11 is 11.8. The van der Waals surface area contributed by atoms with Gasteiger partial charge in [0.2, 0.25) is 0 Å². The molecule has 2 N–H and O–H groups in total. The molecule has 0 aliphatic heterocycles. The lowest BCUT2D eigenvalue weighted by Gasteiger charge is -2.14. The number of nitrogens with one attached hydrogen (secondary N) is 2. The summed E-state index contributed by atoms with van der Waals surface area (Å²) in [6.07, 6.45) is -1.10. The van der Waals surface area contributed by atoms with E-state index in [1.807, 2.05) is 0 Å². The predicted molar refractivity (Wildman–Crippen MR) is 106 cm³/mol. The first-order chi connectivity index (χ1) is 13.1. The number of aromatic amines is 1. The Bertz CT molecular complexity index is 903. The van der Waals surface area contributed by atoms with Gasteiger partial charge in [-0.2, -0.15) is 0 Å². The molecule has 0 aliphatic carbocycles. The van der Waals surface area contributed by atoms with E-state index in [1.165, 1.54) is 25.1 Å². The van der Waals surface area contributed by atoms with E-state index in [9.17, 15) is 14.4 Å². The van der Waals surface area contributed by atoms with Gasteiger partial charge < -0.3 is 19.8 Å². The van der Waals surface area contributed by atoms with Gasteiger partial charge in [0, 0.05) is 21.4 Å². The van der Waals surface area contributed by atoms with E-state index in [-0.39, 0.29) is 17.9 Å². The van der Waals surface area contributed by atoms with Gasteiger partial charge in [-0.25, -0.2) is 9.59 Å². The second-order valence-corrected chi connectivity index (χ2v) is 6.91. The van der Waals surface area contributed by atoms with Crippen molar-refractivity contribution in [1.29, 1.82) is 0 Å². The van der Waals surface area contributed by atoms with Crippen molar-refractivity contribution in [3.05, 3.63) is 50.8 Å². The fourth-order valence-corrected chi connectivity index (χ4v) is 3.13. The standard InChI is InChI=1S/C19H20Cl2N2O5/c1-5-27-18(25)15-9(2)16(22-10(15)3)19(26)28-11(4)17(24)23-14-7-12(20)6-13(21)8-14/h6-8,11,22H,5H2,1-4H3,(H,23,24). The van der Waals surface area contributed by atoms with Crippen LogP contribution in [0.25, 0.3) is 0 Å². The SMILES string of the molecule is CCOC(=O)c1c(C)[nH]c(C(=O)OC(C)C(=O)Nc2cc(Cl)cc(Cl)c2)c1C. The van der Waals surface area contributed by atoms with Crippen LogP contribution in [0.3, 0.4) is 0 Å². The number of ether oxygens (including phenoxy) is 2. The van der Waals surface area contributed by atoms with Crippen molar-refractivity contribution in [2.75, 3.05) is 11.9 Å². The van der Waals surface area contributed by atoms with Gasteiger partial charge in [-0.15, -0.1) is 0 Å². The highest BCUT2D eigenvalue weighted by atomic mass is 35.5. The van der Waals surface area contributed by atoms with Crippen molar-refractivity contribution in [1.82, 2.24) is 4.98 Å². The molecule has 2 aromatic rings. The number of aryl methyl sites for hydroxylation is 1. The Hall–Kier alpha value is -2.51. The molecule has 1 amide bonds. The Labute approximate surface area is 172 Å². The highest BCUT2D eigenvalue weighted by Gasteiger charge is 2.26. The average Bonchev–Trinajstić information content (AvgIpc) is 2.88. The minimum atomic E-state index is -1.10. The molecule has 28 heavy (non-hydrogen) atoms. The Morgan fingerprint density at radius 2 is 1.71 bits per heavy atom. The number of hydrogen-bond donors (Lipinski definition) is 2. The van der Waals surface area contributed by atoms with Gasteiger partial charge in [0.15, 0.2) is 6.10 Å². The molecule has 0 radical (unpaired) electrons. The maximum atomic E-state index is 12.5. The van der Waals surface area contributed by atoms with Gasteiger partial charge in [-0.1, -0.05) is 23.2 Å². The first-order valence-corrected chi connectivity index (χ1v) is 9.23. The second kappa shape index (κ2) is 9.12. The summed E-state index contributed by atoms with van der Waals surface area (Å²) < 4.78 is 10.2. The lowest BCUT2D eigenvalue weighted by atomic mass is 10.1. The number of amides is 1. The van der Waals surface area contributed by atoms with E-state index in [2.05, 4.69) is 10.3 Å². The minimum absolute atomic E-state index is 0.0889. The summed E-state index contributed by atoms with van der Waals surface area (Å²) in [5.41, 5.74) is 1.62. The van der Waals surface area contributed by atoms with E-state index < -0.39 is 23.9 Å². The zero-order valence-electron chi connectivity index (χ0n) is 15.8. The van der Waals surface area contributed by atoms with Crippen molar-refractivity contribution in [2.45, 2.75) is 33.8 Å². The first-order valence-electron chi connectivity index (χ1n) is 8.48. The van der Waals surface area contributed by atoms with Crippen LogP contribution in [0.4, 0.5) is 5.69 Å². The van der Waals surface area contributed by atoms with Crippen molar-refractivity contribution < 1.29 is 23.9 Å². The second-order valence-electron chi connectivity index (χ2n) is 6.04. The van der Waals surface area contributed by atoms with Crippen LogP contribution in [0, 0.1) is 13.8 Å². The van der Waals surface area contributed by atoms with Crippen LogP contribution in [-0.2, 0) is 14.3 Å². The van der Waals surface area contributed by atoms with Crippen molar-refractivity contribution in [3.8, 4) is 0 Å². The molecule has 1 heterocycles. The number of H-pyrrole nitrogens is 1. The zero-order valence-corrected chi connectivity index (χ0v) is 17.3. The largest absolute Gasteiger partial charge is 0.462 e. The lowest BCUT2D eigenvalue weighted by Crippen LogP contribution is -2.30. The molecule has 0 saturated carbocycles. The first kappa shape index (κ1) is 21.8. The van der Waals surface area contributed by atoms with E-state index in [1.54, 1.807) is 20.8 Å². The van der Waals surface area contributed by atoms with Crippen LogP contribution in [-0.4, -0.2) is 35.5 Å². The predicted octanol–water partition coefficient (Wildman–Crippen LogP) is 4.30. The van der Waals surface area contributed by atoms with Gasteiger partial charge in [-0.05, 0) is 51.5 Å². The van der Waals surface area contributed by atoms with Gasteiger partial charge >= 0.3 is 11.9 Å². The summed E-state index contributed by atoms with van der Waals surface area (Å²) in [6, 6.07) is 4.56. The molecule has 0 spiro atoms. The van der Waals surface area contributed by atoms with Crippen LogP contribution in [0.1, 0.15) is 46.0 Å². The minimum Gasteiger partial charge on any atom is -0.462 e. The third kappa shape index (κ3) is 5.05. The monoisotopic (exact) mass is 426 g/mol. The maximum Gasteiger partial charge on any atom is 0.355 e. The Balaban J connectivity index is 2.10. The molecule has 9 heteroatoms. The molecule has 0 saturated heterocycles. The number of anilines is 1. The fourth-order valence-electron chi connectivity index (χ4n) is 2.61. The van der Waals surface area contributed by atoms with E-state index in [0.29, 0.717) is 27.0 Å². The Morgan fingerprint density at radius 3 is 2.29 bits per heavy atom. The van der Waals surface area contributed by atoms with Crippen molar-refractivity contribution in [2.24, 2.45) is 0 Å². The van der Waals surface area contributed by atoms with E-state index >= 15 is 0 Å². The molecule has 1 aromatic carbocycles. The number of carbonyl (C=O) groups excluding carboxylic acids is 3. The summed E-state index contributed by atoms with van der Waals surface area (Å²) in [4.78, 5) is 39.6. The molecule has 1 aromatic heterocycles. The summed E-state index contributed by atoms with van der Waals surface area (Å²) in [7, 11) is 0. The number of halogens is 2. The van der Waals surface area contributed by atoms with Crippen LogP contribution in [0.2, 0.25) is 10.0 Å². The Morgan fingerprint density at radius 1 is 1.11 bits per heavy atom. The molecule has 150 valence electrons. The fraction of sp³-hybridized carbons (Fsp3) is 0.316.